The maximum absolute atomic E-state index is 13.5. The molecule has 0 spiro atoms. The summed E-state index contributed by atoms with van der Waals surface area (Å²) in [4.78, 5) is 14.6. The molecule has 1 aliphatic heterocycles. The molecule has 0 amide bonds. The Labute approximate surface area is 225 Å². The van der Waals surface area contributed by atoms with E-state index in [2.05, 4.69) is 25.7 Å². The molecule has 0 radical (unpaired) electrons. The van der Waals surface area contributed by atoms with E-state index in [-0.39, 0.29) is 12.2 Å². The van der Waals surface area contributed by atoms with Gasteiger partial charge in [0.15, 0.2) is 9.84 Å². The molecule has 1 fully saturated rings. The number of thiophene rings is 1. The van der Waals surface area contributed by atoms with Gasteiger partial charge in [0, 0.05) is 17.8 Å². The van der Waals surface area contributed by atoms with E-state index < -0.39 is 28.6 Å². The topological polar surface area (TPSA) is 84.2 Å². The number of carbonyl (C=O) groups excluding carboxylic acids is 1. The van der Waals surface area contributed by atoms with Crippen LogP contribution in [0.15, 0.2) is 60.7 Å². The highest BCUT2D eigenvalue weighted by atomic mass is 32.2. The van der Waals surface area contributed by atoms with Gasteiger partial charge in [0.25, 0.3) is 0 Å². The zero-order chi connectivity index (χ0) is 26.7. The fourth-order valence-corrected chi connectivity index (χ4v) is 9.16. The molecule has 0 bridgehead atoms. The number of sulfone groups is 1. The fourth-order valence-electron chi connectivity index (χ4n) is 4.67. The van der Waals surface area contributed by atoms with Gasteiger partial charge in [0.2, 0.25) is 0 Å². The number of nitriles is 1. The summed E-state index contributed by atoms with van der Waals surface area (Å²) in [5.74, 6) is -0.327. The highest BCUT2D eigenvalue weighted by Crippen LogP contribution is 2.47. The number of hydrogen-bond donors (Lipinski definition) is 0. The smallest absolute Gasteiger partial charge is 0.307 e. The molecule has 0 N–H and O–H groups in total. The first-order valence-corrected chi connectivity index (χ1v) is 18.8. The molecule has 5 nitrogen and oxygen atoms in total. The Hall–Kier alpha value is -2.73. The van der Waals surface area contributed by atoms with Crippen molar-refractivity contribution in [3.63, 3.8) is 0 Å². The third-order valence-corrected chi connectivity index (χ3v) is 12.7. The molecule has 1 aromatic heterocycles. The summed E-state index contributed by atoms with van der Waals surface area (Å²) < 4.78 is 31.2. The second kappa shape index (κ2) is 10.9. The maximum Gasteiger partial charge on any atom is 0.307 e. The van der Waals surface area contributed by atoms with Crippen LogP contribution in [0.1, 0.15) is 36.1 Å². The van der Waals surface area contributed by atoms with Gasteiger partial charge in [0.05, 0.1) is 30.4 Å². The van der Waals surface area contributed by atoms with Crippen LogP contribution in [0.25, 0.3) is 21.6 Å². The molecular formula is C29H33NO4S2Si. The highest BCUT2D eigenvalue weighted by Gasteiger charge is 2.49. The minimum atomic E-state index is -3.51. The van der Waals surface area contributed by atoms with Crippen LogP contribution in [0.2, 0.25) is 25.7 Å². The molecule has 194 valence electrons. The Bertz CT molecular complexity index is 1400. The summed E-state index contributed by atoms with van der Waals surface area (Å²) in [6.07, 6.45) is 1.71. The monoisotopic (exact) mass is 551 g/mol. The molecule has 1 atom stereocenters. The molecule has 37 heavy (non-hydrogen) atoms. The second-order valence-electron chi connectivity index (χ2n) is 10.9. The molecule has 0 aliphatic carbocycles. The molecule has 4 rings (SSSR count). The number of ether oxygens (including phenoxy) is 1. The molecule has 3 aromatic rings. The zero-order valence-electron chi connectivity index (χ0n) is 21.6. The third-order valence-electron chi connectivity index (χ3n) is 6.96. The van der Waals surface area contributed by atoms with E-state index in [9.17, 15) is 13.2 Å². The first kappa shape index (κ1) is 27.3. The molecule has 8 heteroatoms. The first-order chi connectivity index (χ1) is 17.5. The van der Waals surface area contributed by atoms with Crippen LogP contribution in [0.5, 0.6) is 0 Å². The Morgan fingerprint density at radius 2 is 1.59 bits per heavy atom. The van der Waals surface area contributed by atoms with Gasteiger partial charge in [-0.3, -0.25) is 4.79 Å². The molecule has 0 unspecified atom stereocenters. The van der Waals surface area contributed by atoms with Crippen molar-refractivity contribution < 1.29 is 17.9 Å². The zero-order valence-corrected chi connectivity index (χ0v) is 24.3. The molecule has 2 aromatic carbocycles. The van der Waals surface area contributed by atoms with Gasteiger partial charge in [-0.05, 0) is 59.8 Å². The van der Waals surface area contributed by atoms with E-state index in [1.165, 1.54) is 11.3 Å². The standard InChI is InChI=1S/C29H33NO4S2Si/c1-37(2,3)19-17-34-28(31)20-29(16-4-5-18-36(29,32)33)27-15-14-26(35-27)25-12-10-24(11-13-25)23-8-6-22(21-30)7-9-23/h6-15H,4-5,16-20H2,1-3H3/t29-/m0/s1. The van der Waals surface area contributed by atoms with Crippen molar-refractivity contribution >= 4 is 35.2 Å². The number of carbonyl (C=O) groups is 1. The predicted octanol–water partition coefficient (Wildman–Crippen LogP) is 7.02. The van der Waals surface area contributed by atoms with Gasteiger partial charge in [-0.1, -0.05) is 62.5 Å². The van der Waals surface area contributed by atoms with Crippen LogP contribution in [0.3, 0.4) is 0 Å². The lowest BCUT2D eigenvalue weighted by Gasteiger charge is -2.35. The van der Waals surface area contributed by atoms with Crippen molar-refractivity contribution in [2.45, 2.75) is 56.1 Å². The summed E-state index contributed by atoms with van der Waals surface area (Å²) in [6, 6.07) is 22.4. The minimum absolute atomic E-state index is 0.0989. The summed E-state index contributed by atoms with van der Waals surface area (Å²) in [5, 5.41) is 9.01. The van der Waals surface area contributed by atoms with E-state index >= 15 is 0 Å². The van der Waals surface area contributed by atoms with Gasteiger partial charge in [0.1, 0.15) is 4.75 Å². The van der Waals surface area contributed by atoms with Crippen molar-refractivity contribution in [3.8, 4) is 27.6 Å². The predicted molar refractivity (Wildman–Crippen MR) is 153 cm³/mol. The fraction of sp³-hybridized carbons (Fsp3) is 0.379. The SMILES string of the molecule is C[Si](C)(C)CCOC(=O)C[C@]1(c2ccc(-c3ccc(-c4ccc(C#N)cc4)cc3)s2)CCCCS1(=O)=O. The third kappa shape index (κ3) is 6.23. The Morgan fingerprint density at radius 1 is 0.973 bits per heavy atom. The second-order valence-corrected chi connectivity index (χ2v) is 20.0. The van der Waals surface area contributed by atoms with E-state index in [0.717, 1.165) is 38.9 Å². The van der Waals surface area contributed by atoms with Crippen LogP contribution >= 0.6 is 11.3 Å². The lowest BCUT2D eigenvalue weighted by Crippen LogP contribution is -2.42. The number of hydrogen-bond acceptors (Lipinski definition) is 6. The van der Waals surface area contributed by atoms with Crippen molar-refractivity contribution in [2.24, 2.45) is 0 Å². The summed E-state index contributed by atoms with van der Waals surface area (Å²) in [5.41, 5.74) is 3.68. The van der Waals surface area contributed by atoms with Gasteiger partial charge in [-0.25, -0.2) is 8.42 Å². The van der Waals surface area contributed by atoms with Crippen LogP contribution < -0.4 is 0 Å². The van der Waals surface area contributed by atoms with E-state index in [1.807, 2.05) is 48.5 Å². The molecule has 1 saturated heterocycles. The van der Waals surface area contributed by atoms with E-state index in [0.29, 0.717) is 25.0 Å². The van der Waals surface area contributed by atoms with Crippen molar-refractivity contribution in [3.05, 3.63) is 71.1 Å². The summed E-state index contributed by atoms with van der Waals surface area (Å²) in [6.45, 7) is 7.01. The Balaban J connectivity index is 1.58. The van der Waals surface area contributed by atoms with Gasteiger partial charge >= 0.3 is 5.97 Å². The Kier molecular flexibility index (Phi) is 8.07. The van der Waals surface area contributed by atoms with Crippen LogP contribution in [0.4, 0.5) is 0 Å². The number of nitrogens with zero attached hydrogens (tertiary/aromatic N) is 1. The molecule has 0 saturated carbocycles. The molecule has 2 heterocycles. The van der Waals surface area contributed by atoms with Gasteiger partial charge < -0.3 is 4.74 Å². The highest BCUT2D eigenvalue weighted by molar-refractivity contribution is 7.92. The minimum Gasteiger partial charge on any atom is -0.466 e. The number of benzene rings is 2. The molecular weight excluding hydrogens is 519 g/mol. The lowest BCUT2D eigenvalue weighted by molar-refractivity contribution is -0.144. The number of rotatable bonds is 8. The largest absolute Gasteiger partial charge is 0.466 e. The van der Waals surface area contributed by atoms with Gasteiger partial charge in [-0.2, -0.15) is 5.26 Å². The van der Waals surface area contributed by atoms with Crippen molar-refractivity contribution in [1.82, 2.24) is 0 Å². The van der Waals surface area contributed by atoms with E-state index in [1.54, 1.807) is 12.1 Å². The van der Waals surface area contributed by atoms with Crippen molar-refractivity contribution in [2.75, 3.05) is 12.4 Å². The summed E-state index contributed by atoms with van der Waals surface area (Å²) >= 11 is 1.45. The lowest BCUT2D eigenvalue weighted by atomic mass is 9.95. The average molecular weight is 552 g/mol. The van der Waals surface area contributed by atoms with E-state index in [4.69, 9.17) is 10.00 Å². The van der Waals surface area contributed by atoms with Crippen LogP contribution in [-0.2, 0) is 24.1 Å². The number of esters is 1. The Morgan fingerprint density at radius 3 is 2.19 bits per heavy atom. The average Bonchev–Trinajstić information content (AvgIpc) is 3.35. The quantitative estimate of drug-likeness (QED) is 0.222. The molecule has 1 aliphatic rings. The van der Waals surface area contributed by atoms with Crippen LogP contribution in [0, 0.1) is 11.3 Å². The normalized spacial score (nSPS) is 19.2. The maximum atomic E-state index is 13.5. The van der Waals surface area contributed by atoms with Gasteiger partial charge in [-0.15, -0.1) is 11.3 Å². The van der Waals surface area contributed by atoms with Crippen molar-refractivity contribution in [1.29, 1.82) is 5.26 Å². The van der Waals surface area contributed by atoms with Crippen LogP contribution in [-0.4, -0.2) is 34.8 Å². The first-order valence-electron chi connectivity index (χ1n) is 12.6. The summed E-state index contributed by atoms with van der Waals surface area (Å²) in [7, 11) is -4.87.